The van der Waals surface area contributed by atoms with Crippen molar-refractivity contribution < 1.29 is 61.0 Å². The van der Waals surface area contributed by atoms with E-state index in [0.29, 0.717) is 11.2 Å². The molecule has 1 aliphatic heterocycles. The molecule has 32 heavy (non-hydrogen) atoms. The number of nitrogens with one attached hydrogen (secondary N) is 1. The number of rotatable bonds is 8. The summed E-state index contributed by atoms with van der Waals surface area (Å²) in [5.41, 5.74) is 1.13. The first kappa shape index (κ1) is 23.4. The molecule has 17 nitrogen and oxygen atoms in total. The molecule has 4 rings (SSSR count). The summed E-state index contributed by atoms with van der Waals surface area (Å²) in [5.74, 6) is 0. The van der Waals surface area contributed by atoms with Crippen LogP contribution in [0.25, 0.3) is 16.8 Å². The van der Waals surface area contributed by atoms with Gasteiger partial charge in [0, 0.05) is 12.4 Å². The summed E-state index contributed by atoms with van der Waals surface area (Å²) in [4.78, 5) is 49.6. The summed E-state index contributed by atoms with van der Waals surface area (Å²) in [6.45, 7) is -0.878. The van der Waals surface area contributed by atoms with Crippen LogP contribution < -0.4 is 9.46 Å². The van der Waals surface area contributed by atoms with Crippen molar-refractivity contribution in [3.8, 4) is 0 Å². The molecule has 0 aromatic carbocycles. The standard InChI is InChI=1S/C12H14N5O12P3/c18-8-6(3-26-32(24,25)29-30(19)20)27-12(9(8)28-31(21,22)23)17-5-14-7-10-13-1-2-16(10)4-15-11(7)17/h1-2,4-6,8-9,12,18H,3H2,(H3,21,22,23,24,25)/p+1/t6-,8-,9-,12-/m1/s1. The molecule has 0 saturated carbocycles. The lowest BCUT2D eigenvalue weighted by molar-refractivity contribution is -0.744. The van der Waals surface area contributed by atoms with Crippen LogP contribution in [0.1, 0.15) is 6.23 Å². The van der Waals surface area contributed by atoms with Gasteiger partial charge in [-0.2, -0.15) is 0 Å². The molecule has 5 N–H and O–H groups in total. The first-order valence-electron chi connectivity index (χ1n) is 8.54. The fourth-order valence-electron chi connectivity index (χ4n) is 3.22. The number of aliphatic hydroxyl groups is 1. The van der Waals surface area contributed by atoms with Gasteiger partial charge >= 0.3 is 29.5 Å². The Balaban J connectivity index is 1.65. The number of aromatic amines is 1. The van der Waals surface area contributed by atoms with E-state index in [1.807, 2.05) is 0 Å². The smallest absolute Gasteiger partial charge is 0.515 e. The number of imidazole rings is 2. The zero-order valence-corrected chi connectivity index (χ0v) is 18.2. The molecule has 0 aliphatic carbocycles. The predicted octanol–water partition coefficient (Wildman–Crippen LogP) is -1.61. The van der Waals surface area contributed by atoms with Crippen LogP contribution in [-0.2, 0) is 31.8 Å². The van der Waals surface area contributed by atoms with Crippen LogP contribution >= 0.6 is 23.9 Å². The molecule has 3 aromatic heterocycles. The average molecular weight is 514 g/mol. The molecule has 1 fully saturated rings. The molecular formula is C12H15N5O12P3+. The van der Waals surface area contributed by atoms with E-state index >= 15 is 0 Å². The maximum absolute atomic E-state index is 11.6. The fraction of sp³-hybridized carbons (Fsp3) is 0.417. The van der Waals surface area contributed by atoms with Gasteiger partial charge < -0.3 is 29.4 Å². The van der Waals surface area contributed by atoms with E-state index in [-0.39, 0.29) is 5.65 Å². The highest BCUT2D eigenvalue weighted by atomic mass is 31.2. The summed E-state index contributed by atoms with van der Waals surface area (Å²) in [7, 11) is -13.9. The number of H-pyrrole nitrogens is 1. The lowest BCUT2D eigenvalue weighted by Crippen LogP contribution is -2.46. The Morgan fingerprint density at radius 1 is 1.34 bits per heavy atom. The molecule has 6 atom stereocenters. The van der Waals surface area contributed by atoms with E-state index in [9.17, 15) is 38.4 Å². The van der Waals surface area contributed by atoms with Gasteiger partial charge in [-0.05, 0) is 8.88 Å². The average Bonchev–Trinajstić information content (AvgIpc) is 3.36. The number of phosphoric ester groups is 2. The van der Waals surface area contributed by atoms with Gasteiger partial charge in [0.15, 0.2) is 24.4 Å². The van der Waals surface area contributed by atoms with Crippen molar-refractivity contribution in [2.75, 3.05) is 6.61 Å². The van der Waals surface area contributed by atoms with Crippen molar-refractivity contribution in [3.63, 3.8) is 0 Å². The Morgan fingerprint density at radius 2 is 2.09 bits per heavy atom. The Kier molecular flexibility index (Phi) is 6.28. The minimum Gasteiger partial charge on any atom is -0.566 e. The van der Waals surface area contributed by atoms with Crippen LogP contribution in [0.2, 0.25) is 0 Å². The number of hydrogen-bond donors (Lipinski definition) is 5. The number of ether oxygens (including phenoxy) is 1. The lowest BCUT2D eigenvalue weighted by atomic mass is 10.1. The zero-order chi connectivity index (χ0) is 23.3. The van der Waals surface area contributed by atoms with Gasteiger partial charge in [-0.1, -0.05) is 4.98 Å². The third-order valence-corrected chi connectivity index (χ3v) is 6.78. The van der Waals surface area contributed by atoms with Crippen molar-refractivity contribution in [2.45, 2.75) is 24.5 Å². The van der Waals surface area contributed by atoms with E-state index in [1.165, 1.54) is 23.4 Å². The zero-order valence-electron chi connectivity index (χ0n) is 15.5. The Labute approximate surface area is 178 Å². The van der Waals surface area contributed by atoms with Gasteiger partial charge in [0.1, 0.15) is 12.2 Å². The molecule has 0 amide bonds. The minimum atomic E-state index is -5.13. The normalized spacial score (nSPS) is 26.6. The summed E-state index contributed by atoms with van der Waals surface area (Å²) in [6.07, 6.45) is -0.398. The van der Waals surface area contributed by atoms with Gasteiger partial charge in [-0.15, -0.1) is 0 Å². The second-order valence-electron chi connectivity index (χ2n) is 6.47. The van der Waals surface area contributed by atoms with Crippen molar-refractivity contribution in [3.05, 3.63) is 25.0 Å². The number of aliphatic hydroxyl groups excluding tert-OH is 1. The summed E-state index contributed by atoms with van der Waals surface area (Å²) in [6, 6.07) is 0. The molecule has 0 bridgehead atoms. The van der Waals surface area contributed by atoms with Gasteiger partial charge in [0.2, 0.25) is 11.7 Å². The molecule has 1 aliphatic rings. The highest BCUT2D eigenvalue weighted by Crippen LogP contribution is 2.50. The molecule has 0 radical (unpaired) electrons. The Morgan fingerprint density at radius 3 is 2.78 bits per heavy atom. The number of aromatic nitrogens is 5. The highest BCUT2D eigenvalue weighted by Gasteiger charge is 2.51. The molecule has 0 spiro atoms. The van der Waals surface area contributed by atoms with Crippen LogP contribution in [0, 0.1) is 0 Å². The molecule has 174 valence electrons. The van der Waals surface area contributed by atoms with Crippen LogP contribution in [0.3, 0.4) is 0 Å². The molecule has 3 aromatic rings. The Hall–Kier alpha value is -1.71. The first-order chi connectivity index (χ1) is 15.0. The summed E-state index contributed by atoms with van der Waals surface area (Å²) < 4.78 is 54.9. The third kappa shape index (κ3) is 4.79. The highest BCUT2D eigenvalue weighted by molar-refractivity contribution is 7.55. The largest absolute Gasteiger partial charge is 0.566 e. The van der Waals surface area contributed by atoms with Crippen LogP contribution in [0.4, 0.5) is 0 Å². The van der Waals surface area contributed by atoms with E-state index in [4.69, 9.17) is 4.74 Å². The van der Waals surface area contributed by atoms with E-state index < -0.39 is 55.0 Å². The SMILES string of the molecule is O=[P+]([O-])OP(=O)(O)OC[C@H]1O[C@@H]([n+]2c[nH]c3c4nccn4cnc32)[C@H](OP(=O)(O)O)[C@@H]1O. The van der Waals surface area contributed by atoms with Crippen molar-refractivity contribution in [2.24, 2.45) is 0 Å². The molecule has 2 unspecified atom stereocenters. The first-order valence-corrected chi connectivity index (χ1v) is 12.7. The molecule has 4 heterocycles. The van der Waals surface area contributed by atoms with E-state index in [2.05, 4.69) is 28.3 Å². The second-order valence-corrected chi connectivity index (χ2v) is 9.96. The second kappa shape index (κ2) is 8.57. The lowest BCUT2D eigenvalue weighted by Gasteiger charge is -2.19. The quantitative estimate of drug-likeness (QED) is 0.168. The van der Waals surface area contributed by atoms with Crippen molar-refractivity contribution >= 4 is 40.7 Å². The van der Waals surface area contributed by atoms with Crippen molar-refractivity contribution in [1.82, 2.24) is 19.4 Å². The van der Waals surface area contributed by atoms with Crippen LogP contribution in [0.5, 0.6) is 0 Å². The maximum Gasteiger partial charge on any atom is 0.515 e. The monoisotopic (exact) mass is 514 g/mol. The molecule has 20 heteroatoms. The van der Waals surface area contributed by atoms with E-state index in [0.717, 1.165) is 0 Å². The maximum atomic E-state index is 11.6. The number of hydrogen-bond acceptors (Lipinski definition) is 11. The van der Waals surface area contributed by atoms with Gasteiger partial charge in [-0.3, -0.25) is 18.4 Å². The van der Waals surface area contributed by atoms with Gasteiger partial charge in [-0.25, -0.2) is 18.7 Å². The summed E-state index contributed by atoms with van der Waals surface area (Å²) >= 11 is 0. The van der Waals surface area contributed by atoms with Gasteiger partial charge in [0.25, 0.3) is 0 Å². The number of phosphoric acid groups is 2. The third-order valence-electron chi connectivity index (χ3n) is 4.43. The Bertz CT molecular complexity index is 1260. The minimum absolute atomic E-state index is 0.223. The molecule has 1 saturated heterocycles. The summed E-state index contributed by atoms with van der Waals surface area (Å²) in [5, 5.41) is 10.5. The molecular weight excluding hydrogens is 499 g/mol. The van der Waals surface area contributed by atoms with E-state index in [1.54, 1.807) is 10.6 Å². The van der Waals surface area contributed by atoms with Crippen LogP contribution in [-0.4, -0.2) is 64.1 Å². The van der Waals surface area contributed by atoms with Gasteiger partial charge in [0.05, 0.1) is 6.61 Å². The van der Waals surface area contributed by atoms with Crippen molar-refractivity contribution in [1.29, 1.82) is 0 Å². The topological polar surface area (TPSA) is 242 Å². The number of nitrogens with zero attached hydrogens (tertiary/aromatic N) is 4. The fourth-order valence-corrected chi connectivity index (χ4v) is 4.97. The van der Waals surface area contributed by atoms with Crippen LogP contribution in [0.15, 0.2) is 25.0 Å². The predicted molar refractivity (Wildman–Crippen MR) is 96.3 cm³/mol. The number of fused-ring (bicyclic) bond motifs is 3.